The summed E-state index contributed by atoms with van der Waals surface area (Å²) in [6.45, 7) is 2.24. The van der Waals surface area contributed by atoms with Gasteiger partial charge in [0.1, 0.15) is 0 Å². The number of thioether (sulfide) groups is 1. The van der Waals surface area contributed by atoms with Crippen molar-refractivity contribution in [2.45, 2.75) is 55.7 Å². The highest BCUT2D eigenvalue weighted by molar-refractivity contribution is 8.00. The van der Waals surface area contributed by atoms with E-state index in [1.54, 1.807) is 6.07 Å². The molecule has 0 bridgehead atoms. The maximum absolute atomic E-state index is 12.6. The lowest BCUT2D eigenvalue weighted by Gasteiger charge is -2.10. The van der Waals surface area contributed by atoms with Gasteiger partial charge in [-0.1, -0.05) is 25.0 Å². The Morgan fingerprint density at radius 2 is 1.93 bits per heavy atom. The summed E-state index contributed by atoms with van der Waals surface area (Å²) in [7, 11) is 0. The molecule has 6 heteroatoms. The maximum atomic E-state index is 12.6. The van der Waals surface area contributed by atoms with Gasteiger partial charge in [-0.2, -0.15) is 0 Å². The fourth-order valence-electron chi connectivity index (χ4n) is 3.76. The van der Waals surface area contributed by atoms with Crippen LogP contribution < -0.4 is 10.9 Å². The zero-order valence-electron chi connectivity index (χ0n) is 16.6. The Bertz CT molecular complexity index is 1070. The Morgan fingerprint density at radius 1 is 1.17 bits per heavy atom. The smallest absolute Gasteiger partial charge is 0.261 e. The van der Waals surface area contributed by atoms with Crippen molar-refractivity contribution in [2.75, 3.05) is 5.32 Å². The molecule has 0 radical (unpaired) electrons. The highest BCUT2D eigenvalue weighted by atomic mass is 32.2. The van der Waals surface area contributed by atoms with Crippen molar-refractivity contribution in [3.8, 4) is 0 Å². The second kappa shape index (κ2) is 8.82. The molecule has 0 aliphatic heterocycles. The molecule has 3 aromatic rings. The molecule has 2 aromatic carbocycles. The average molecular weight is 408 g/mol. The van der Waals surface area contributed by atoms with Gasteiger partial charge in [0.15, 0.2) is 0 Å². The topological polar surface area (TPSA) is 64.0 Å². The summed E-state index contributed by atoms with van der Waals surface area (Å²) in [5.41, 5.74) is 2.36. The van der Waals surface area contributed by atoms with E-state index < -0.39 is 0 Å². The van der Waals surface area contributed by atoms with Crippen molar-refractivity contribution in [1.29, 1.82) is 0 Å². The number of anilines is 1. The fourth-order valence-corrected chi connectivity index (χ4v) is 5.00. The van der Waals surface area contributed by atoms with Crippen molar-refractivity contribution in [1.82, 2.24) is 9.55 Å². The van der Waals surface area contributed by atoms with Crippen LogP contribution in [0.4, 0.5) is 5.69 Å². The number of hydrogen-bond acceptors (Lipinski definition) is 4. The summed E-state index contributed by atoms with van der Waals surface area (Å²) in [6, 6.07) is 13.6. The van der Waals surface area contributed by atoms with Crippen molar-refractivity contribution in [3.05, 3.63) is 64.7 Å². The second-order valence-corrected chi connectivity index (χ2v) is 8.93. The van der Waals surface area contributed by atoms with E-state index in [-0.39, 0.29) is 17.9 Å². The van der Waals surface area contributed by atoms with E-state index in [9.17, 15) is 9.59 Å². The molecular formula is C23H25N3O2S. The van der Waals surface area contributed by atoms with Crippen molar-refractivity contribution in [3.63, 3.8) is 0 Å². The molecule has 1 saturated carbocycles. The van der Waals surface area contributed by atoms with Gasteiger partial charge in [-0.3, -0.25) is 14.2 Å². The van der Waals surface area contributed by atoms with Gasteiger partial charge in [-0.05, 0) is 55.7 Å². The summed E-state index contributed by atoms with van der Waals surface area (Å²) < 4.78 is 1.50. The molecule has 150 valence electrons. The molecule has 0 spiro atoms. The van der Waals surface area contributed by atoms with Crippen LogP contribution in [-0.2, 0) is 11.3 Å². The van der Waals surface area contributed by atoms with E-state index in [1.165, 1.54) is 41.5 Å². The Labute approximate surface area is 174 Å². The molecule has 0 atom stereocenters. The van der Waals surface area contributed by atoms with Gasteiger partial charge in [0.05, 0.1) is 17.2 Å². The number of nitrogens with one attached hydrogen (secondary N) is 1. The number of amides is 1. The number of aromatic nitrogens is 2. The summed E-state index contributed by atoms with van der Waals surface area (Å²) in [5.74, 6) is -0.113. The number of carbonyl (C=O) groups excluding carboxylic acids is 1. The predicted octanol–water partition coefficient (Wildman–Crippen LogP) is 4.77. The fraction of sp³-hybridized carbons (Fsp3) is 0.348. The van der Waals surface area contributed by atoms with E-state index >= 15 is 0 Å². The number of hydrogen-bond donors (Lipinski definition) is 1. The van der Waals surface area contributed by atoms with E-state index in [1.807, 2.05) is 43.0 Å². The summed E-state index contributed by atoms with van der Waals surface area (Å²) in [5, 5.41) is 4.23. The lowest BCUT2D eigenvalue weighted by Crippen LogP contribution is -2.23. The highest BCUT2D eigenvalue weighted by Crippen LogP contribution is 2.34. The van der Waals surface area contributed by atoms with Crippen molar-refractivity contribution in [2.24, 2.45) is 0 Å². The molecule has 1 aromatic heterocycles. The molecule has 1 heterocycles. The lowest BCUT2D eigenvalue weighted by molar-refractivity contribution is -0.116. The van der Waals surface area contributed by atoms with E-state index in [0.717, 1.165) is 16.5 Å². The van der Waals surface area contributed by atoms with Gasteiger partial charge in [-0.15, -0.1) is 11.8 Å². The molecule has 4 rings (SSSR count). The number of nitrogens with zero attached hydrogens (tertiary/aromatic N) is 2. The summed E-state index contributed by atoms with van der Waals surface area (Å²) >= 11 is 1.93. The van der Waals surface area contributed by atoms with Crippen LogP contribution in [0.15, 0.2) is 58.5 Å². The number of carbonyl (C=O) groups is 1. The van der Waals surface area contributed by atoms with Gasteiger partial charge in [0, 0.05) is 28.8 Å². The maximum Gasteiger partial charge on any atom is 0.261 e. The molecule has 1 N–H and O–H groups in total. The van der Waals surface area contributed by atoms with Crippen LogP contribution in [0.1, 0.15) is 37.7 Å². The Hall–Kier alpha value is -2.60. The zero-order valence-corrected chi connectivity index (χ0v) is 17.4. The number of rotatable bonds is 6. The minimum atomic E-state index is -0.113. The second-order valence-electron chi connectivity index (χ2n) is 7.56. The Kier molecular flexibility index (Phi) is 6.00. The van der Waals surface area contributed by atoms with Gasteiger partial charge < -0.3 is 5.32 Å². The van der Waals surface area contributed by atoms with Gasteiger partial charge in [0.25, 0.3) is 5.56 Å². The minimum Gasteiger partial charge on any atom is -0.326 e. The van der Waals surface area contributed by atoms with Gasteiger partial charge in [-0.25, -0.2) is 4.98 Å². The molecule has 29 heavy (non-hydrogen) atoms. The van der Waals surface area contributed by atoms with Crippen LogP contribution >= 0.6 is 11.8 Å². The van der Waals surface area contributed by atoms with Gasteiger partial charge >= 0.3 is 0 Å². The van der Waals surface area contributed by atoms with E-state index in [2.05, 4.69) is 22.4 Å². The van der Waals surface area contributed by atoms with Crippen molar-refractivity contribution >= 4 is 34.3 Å². The van der Waals surface area contributed by atoms with Crippen LogP contribution in [0, 0.1) is 6.92 Å². The molecule has 0 saturated heterocycles. The van der Waals surface area contributed by atoms with Gasteiger partial charge in [0.2, 0.25) is 5.91 Å². The molecule has 1 fully saturated rings. The third-order valence-corrected chi connectivity index (χ3v) is 6.73. The quantitative estimate of drug-likeness (QED) is 0.639. The van der Waals surface area contributed by atoms with Crippen molar-refractivity contribution < 1.29 is 4.79 Å². The van der Waals surface area contributed by atoms with Crippen LogP contribution in [0.3, 0.4) is 0 Å². The average Bonchev–Trinajstić information content (AvgIpc) is 3.23. The van der Waals surface area contributed by atoms with E-state index in [0.29, 0.717) is 17.4 Å². The first-order valence-electron chi connectivity index (χ1n) is 10.1. The third-order valence-electron chi connectivity index (χ3n) is 5.38. The first-order valence-corrected chi connectivity index (χ1v) is 11.0. The molecule has 0 unspecified atom stereocenters. The number of fused-ring (bicyclic) bond motifs is 1. The lowest BCUT2D eigenvalue weighted by atomic mass is 10.1. The SMILES string of the molecule is Cc1cccc2c(=O)n(CCC(=O)Nc3ccc(SC4CCCC4)cc3)cnc12. The van der Waals surface area contributed by atoms with Crippen LogP contribution in [0.25, 0.3) is 10.9 Å². The minimum absolute atomic E-state index is 0.111. The first kappa shape index (κ1) is 19.7. The molecular weight excluding hydrogens is 382 g/mol. The monoisotopic (exact) mass is 407 g/mol. The normalized spacial score (nSPS) is 14.4. The molecule has 1 aliphatic carbocycles. The van der Waals surface area contributed by atoms with Crippen LogP contribution in [0.5, 0.6) is 0 Å². The Balaban J connectivity index is 1.35. The number of aryl methyl sites for hydroxylation is 2. The largest absolute Gasteiger partial charge is 0.326 e. The standard InChI is InChI=1S/C23H25N3O2S/c1-16-5-4-8-20-22(16)24-15-26(23(20)28)14-13-21(27)25-17-9-11-19(12-10-17)29-18-6-2-3-7-18/h4-5,8-12,15,18H,2-3,6-7,13-14H2,1H3,(H,25,27). The van der Waals surface area contributed by atoms with Crippen LogP contribution in [-0.4, -0.2) is 20.7 Å². The predicted molar refractivity (Wildman–Crippen MR) is 119 cm³/mol. The highest BCUT2D eigenvalue weighted by Gasteiger charge is 2.16. The first-order chi connectivity index (χ1) is 14.1. The molecule has 1 aliphatic rings. The van der Waals surface area contributed by atoms with Crippen LogP contribution in [0.2, 0.25) is 0 Å². The summed E-state index contributed by atoms with van der Waals surface area (Å²) in [6.07, 6.45) is 7.01. The molecule has 1 amide bonds. The summed E-state index contributed by atoms with van der Waals surface area (Å²) in [4.78, 5) is 30.6. The zero-order chi connectivity index (χ0) is 20.2. The number of para-hydroxylation sites is 1. The third kappa shape index (κ3) is 4.70. The Morgan fingerprint density at radius 3 is 2.69 bits per heavy atom. The number of benzene rings is 2. The van der Waals surface area contributed by atoms with E-state index in [4.69, 9.17) is 0 Å². The molecule has 5 nitrogen and oxygen atoms in total.